The number of nitrogens with zero attached hydrogens (tertiary/aromatic N) is 1. The standard InChI is InChI=1S/C26H23BrCl2N2O3/c27-20-9-6-17(7-10-20)25-19(13-23(32)33)14-30-26(34)31(25)15-18-8-11-22(28)21(24(18)29)12-16-4-2-1-3-5-16/h1-11,19,25H,12-15H2,(H,30,34)(H,32,33). The molecule has 2 amide bonds. The van der Waals surface area contributed by atoms with Crippen molar-refractivity contribution >= 4 is 51.1 Å². The Kier molecular flexibility index (Phi) is 7.81. The summed E-state index contributed by atoms with van der Waals surface area (Å²) in [5.74, 6) is -1.20. The number of hydrogen-bond acceptors (Lipinski definition) is 2. The number of hydrogen-bond donors (Lipinski definition) is 2. The summed E-state index contributed by atoms with van der Waals surface area (Å²) in [5, 5.41) is 13.4. The molecule has 5 nitrogen and oxygen atoms in total. The molecule has 4 rings (SSSR count). The van der Waals surface area contributed by atoms with Gasteiger partial charge >= 0.3 is 12.0 Å². The van der Waals surface area contributed by atoms with Gasteiger partial charge in [-0.3, -0.25) is 4.79 Å². The number of urea groups is 1. The largest absolute Gasteiger partial charge is 0.481 e. The zero-order valence-corrected chi connectivity index (χ0v) is 21.3. The molecule has 0 radical (unpaired) electrons. The molecule has 176 valence electrons. The van der Waals surface area contributed by atoms with Crippen LogP contribution in [0.2, 0.25) is 10.0 Å². The van der Waals surface area contributed by atoms with Crippen molar-refractivity contribution in [2.75, 3.05) is 6.54 Å². The average Bonchev–Trinajstić information content (AvgIpc) is 2.81. The van der Waals surface area contributed by atoms with Gasteiger partial charge in [0.2, 0.25) is 0 Å². The number of aliphatic carboxylic acids is 1. The zero-order chi connectivity index (χ0) is 24.2. The molecule has 1 aliphatic heterocycles. The van der Waals surface area contributed by atoms with E-state index in [0.717, 1.165) is 26.7 Å². The molecular formula is C26H23BrCl2N2O3. The molecule has 2 N–H and O–H groups in total. The summed E-state index contributed by atoms with van der Waals surface area (Å²) in [5.41, 5.74) is 3.50. The van der Waals surface area contributed by atoms with Gasteiger partial charge in [-0.05, 0) is 40.5 Å². The molecule has 0 aliphatic carbocycles. The highest BCUT2D eigenvalue weighted by atomic mass is 79.9. The highest BCUT2D eigenvalue weighted by Gasteiger charge is 2.38. The van der Waals surface area contributed by atoms with Crippen LogP contribution in [0.3, 0.4) is 0 Å². The van der Waals surface area contributed by atoms with Gasteiger partial charge in [-0.2, -0.15) is 0 Å². The molecule has 1 saturated heterocycles. The highest BCUT2D eigenvalue weighted by molar-refractivity contribution is 9.10. The highest BCUT2D eigenvalue weighted by Crippen LogP contribution is 2.38. The second kappa shape index (κ2) is 10.8. The number of carboxylic acids is 1. The van der Waals surface area contributed by atoms with Crippen LogP contribution in [-0.4, -0.2) is 28.6 Å². The monoisotopic (exact) mass is 560 g/mol. The van der Waals surface area contributed by atoms with E-state index in [2.05, 4.69) is 21.2 Å². The maximum Gasteiger partial charge on any atom is 0.318 e. The van der Waals surface area contributed by atoms with Crippen molar-refractivity contribution in [1.29, 1.82) is 0 Å². The van der Waals surface area contributed by atoms with Gasteiger partial charge in [0.15, 0.2) is 0 Å². The first-order valence-corrected chi connectivity index (χ1v) is 12.4. The van der Waals surface area contributed by atoms with Crippen LogP contribution in [-0.2, 0) is 17.8 Å². The molecule has 1 fully saturated rings. The summed E-state index contributed by atoms with van der Waals surface area (Å²) in [6.07, 6.45) is 0.501. The third kappa shape index (κ3) is 5.57. The Labute approximate surface area is 216 Å². The van der Waals surface area contributed by atoms with Crippen LogP contribution in [0.15, 0.2) is 71.2 Å². The van der Waals surface area contributed by atoms with Crippen LogP contribution in [0.4, 0.5) is 4.79 Å². The minimum atomic E-state index is -0.905. The number of carbonyl (C=O) groups is 2. The van der Waals surface area contributed by atoms with E-state index in [9.17, 15) is 14.7 Å². The molecule has 0 saturated carbocycles. The van der Waals surface area contributed by atoms with Crippen molar-refractivity contribution in [3.8, 4) is 0 Å². The Hall–Kier alpha value is -2.54. The molecule has 8 heteroatoms. The Bertz CT molecular complexity index is 1190. The van der Waals surface area contributed by atoms with Crippen LogP contribution in [0.1, 0.15) is 34.7 Å². The summed E-state index contributed by atoms with van der Waals surface area (Å²) in [7, 11) is 0. The maximum atomic E-state index is 13.0. The zero-order valence-electron chi connectivity index (χ0n) is 18.2. The van der Waals surface area contributed by atoms with E-state index in [1.54, 1.807) is 11.0 Å². The summed E-state index contributed by atoms with van der Waals surface area (Å²) in [4.78, 5) is 26.3. The number of halogens is 3. The number of nitrogens with one attached hydrogen (secondary N) is 1. The first kappa shape index (κ1) is 24.6. The number of carboxylic acid groups (broad SMARTS) is 1. The van der Waals surface area contributed by atoms with E-state index in [4.69, 9.17) is 23.2 Å². The Balaban J connectivity index is 1.70. The fourth-order valence-electron chi connectivity index (χ4n) is 4.42. The van der Waals surface area contributed by atoms with E-state index < -0.39 is 12.0 Å². The second-order valence-corrected chi connectivity index (χ2v) is 10.0. The van der Waals surface area contributed by atoms with Gasteiger partial charge in [-0.25, -0.2) is 4.79 Å². The molecule has 2 atom stereocenters. The van der Waals surface area contributed by atoms with Gasteiger partial charge in [-0.15, -0.1) is 0 Å². The van der Waals surface area contributed by atoms with E-state index in [1.807, 2.05) is 60.7 Å². The Morgan fingerprint density at radius 1 is 1.06 bits per heavy atom. The van der Waals surface area contributed by atoms with E-state index >= 15 is 0 Å². The molecule has 3 aromatic carbocycles. The number of carbonyl (C=O) groups excluding carboxylic acids is 1. The third-order valence-corrected chi connectivity index (χ3v) is 7.39. The molecule has 0 bridgehead atoms. The lowest BCUT2D eigenvalue weighted by Gasteiger charge is -2.41. The van der Waals surface area contributed by atoms with Crippen molar-refractivity contribution in [2.45, 2.75) is 25.4 Å². The topological polar surface area (TPSA) is 69.6 Å². The molecule has 1 aliphatic rings. The SMILES string of the molecule is O=C(O)CC1CNC(=O)N(Cc2ccc(Cl)c(Cc3ccccc3)c2Cl)C1c1ccc(Br)cc1. The molecule has 1 heterocycles. The first-order chi connectivity index (χ1) is 16.3. The predicted octanol–water partition coefficient (Wildman–Crippen LogP) is 6.70. The minimum absolute atomic E-state index is 0.0644. The lowest BCUT2D eigenvalue weighted by Crippen LogP contribution is -2.52. The lowest BCUT2D eigenvalue weighted by atomic mass is 9.87. The predicted molar refractivity (Wildman–Crippen MR) is 137 cm³/mol. The van der Waals surface area contributed by atoms with Crippen LogP contribution in [0, 0.1) is 5.92 Å². The summed E-state index contributed by atoms with van der Waals surface area (Å²) in [6.45, 7) is 0.510. The molecule has 3 aromatic rings. The van der Waals surface area contributed by atoms with Crippen LogP contribution < -0.4 is 5.32 Å². The van der Waals surface area contributed by atoms with Gasteiger partial charge in [0.05, 0.1) is 17.5 Å². The minimum Gasteiger partial charge on any atom is -0.481 e. The third-order valence-electron chi connectivity index (χ3n) is 6.04. The van der Waals surface area contributed by atoms with Crippen molar-refractivity contribution in [3.05, 3.63) is 104 Å². The fourth-order valence-corrected chi connectivity index (χ4v) is 5.24. The first-order valence-electron chi connectivity index (χ1n) is 10.8. The molecule has 0 spiro atoms. The number of amides is 2. The average molecular weight is 562 g/mol. The Morgan fingerprint density at radius 2 is 1.76 bits per heavy atom. The lowest BCUT2D eigenvalue weighted by molar-refractivity contribution is -0.138. The van der Waals surface area contributed by atoms with Gasteiger partial charge in [0, 0.05) is 34.9 Å². The summed E-state index contributed by atoms with van der Waals surface area (Å²) in [6, 6.07) is 20.5. The number of benzene rings is 3. The smallest absolute Gasteiger partial charge is 0.318 e. The van der Waals surface area contributed by atoms with Crippen LogP contribution in [0.25, 0.3) is 0 Å². The van der Waals surface area contributed by atoms with Gasteiger partial charge in [0.25, 0.3) is 0 Å². The second-order valence-electron chi connectivity index (χ2n) is 8.33. The molecule has 0 aromatic heterocycles. The van der Waals surface area contributed by atoms with Crippen molar-refractivity contribution in [3.63, 3.8) is 0 Å². The van der Waals surface area contributed by atoms with E-state index in [1.165, 1.54) is 0 Å². The molecule has 34 heavy (non-hydrogen) atoms. The normalized spacial score (nSPS) is 18.0. The van der Waals surface area contributed by atoms with Gasteiger partial charge < -0.3 is 15.3 Å². The van der Waals surface area contributed by atoms with Gasteiger partial charge in [0.1, 0.15) is 0 Å². The van der Waals surface area contributed by atoms with E-state index in [0.29, 0.717) is 16.5 Å². The van der Waals surface area contributed by atoms with Crippen LogP contribution >= 0.6 is 39.1 Å². The van der Waals surface area contributed by atoms with E-state index in [-0.39, 0.29) is 31.5 Å². The summed E-state index contributed by atoms with van der Waals surface area (Å²) < 4.78 is 0.907. The Morgan fingerprint density at radius 3 is 2.44 bits per heavy atom. The van der Waals surface area contributed by atoms with Crippen molar-refractivity contribution in [2.24, 2.45) is 5.92 Å². The van der Waals surface area contributed by atoms with Crippen molar-refractivity contribution < 1.29 is 14.7 Å². The number of rotatable bonds is 7. The van der Waals surface area contributed by atoms with Crippen LogP contribution in [0.5, 0.6) is 0 Å². The van der Waals surface area contributed by atoms with Crippen molar-refractivity contribution in [1.82, 2.24) is 10.2 Å². The van der Waals surface area contributed by atoms with Gasteiger partial charge in [-0.1, -0.05) is 87.7 Å². The summed E-state index contributed by atoms with van der Waals surface area (Å²) >= 11 is 16.8. The fraction of sp³-hybridized carbons (Fsp3) is 0.231. The maximum absolute atomic E-state index is 13.0. The molecular weight excluding hydrogens is 539 g/mol. The molecule has 2 unspecified atom stereocenters. The quantitative estimate of drug-likeness (QED) is 0.337.